The van der Waals surface area contributed by atoms with Crippen LogP contribution in [0.15, 0.2) is 24.3 Å². The maximum absolute atomic E-state index is 6.15. The Balaban J connectivity index is 1.52. The first-order valence-corrected chi connectivity index (χ1v) is 8.89. The van der Waals surface area contributed by atoms with Gasteiger partial charge in [-0.2, -0.15) is 4.37 Å². The van der Waals surface area contributed by atoms with E-state index in [2.05, 4.69) is 14.3 Å². The number of methoxy groups -OCH3 is 1. The highest BCUT2D eigenvalue weighted by molar-refractivity contribution is 7.09. The second-order valence-electron chi connectivity index (χ2n) is 5.47. The predicted molar refractivity (Wildman–Crippen MR) is 92.8 cm³/mol. The Morgan fingerprint density at radius 2 is 2.09 bits per heavy atom. The molecule has 0 spiro atoms. The minimum absolute atomic E-state index is 0.201. The summed E-state index contributed by atoms with van der Waals surface area (Å²) in [4.78, 5) is 6.86. The van der Waals surface area contributed by atoms with Gasteiger partial charge in [0.2, 0.25) is 5.13 Å². The molecule has 0 N–H and O–H groups in total. The number of hydrogen-bond donors (Lipinski definition) is 0. The maximum atomic E-state index is 6.15. The molecule has 1 fully saturated rings. The Morgan fingerprint density at radius 1 is 1.30 bits per heavy atom. The van der Waals surface area contributed by atoms with E-state index in [0.29, 0.717) is 11.6 Å². The molecule has 2 aromatic rings. The topological polar surface area (TPSA) is 47.5 Å². The van der Waals surface area contributed by atoms with Crippen molar-refractivity contribution in [3.63, 3.8) is 0 Å². The van der Waals surface area contributed by atoms with Crippen LogP contribution in [0.1, 0.15) is 18.7 Å². The second-order valence-corrected chi connectivity index (χ2v) is 6.61. The van der Waals surface area contributed by atoms with Gasteiger partial charge in [-0.25, -0.2) is 4.98 Å². The van der Waals surface area contributed by atoms with Crippen molar-refractivity contribution in [3.05, 3.63) is 35.1 Å². The van der Waals surface area contributed by atoms with Crippen LogP contribution in [0.25, 0.3) is 0 Å². The molecule has 1 saturated heterocycles. The van der Waals surface area contributed by atoms with Gasteiger partial charge in [0.05, 0.1) is 11.6 Å². The molecule has 0 aliphatic carbocycles. The number of anilines is 1. The molecule has 7 heteroatoms. The fraction of sp³-hybridized carbons (Fsp3) is 0.500. The van der Waals surface area contributed by atoms with Crippen LogP contribution in [0, 0.1) is 0 Å². The van der Waals surface area contributed by atoms with Crippen LogP contribution in [0.5, 0.6) is 5.75 Å². The monoisotopic (exact) mass is 353 g/mol. The molecule has 23 heavy (non-hydrogen) atoms. The first kappa shape index (κ1) is 16.5. The van der Waals surface area contributed by atoms with Crippen LogP contribution in [-0.2, 0) is 11.2 Å². The Kier molecular flexibility index (Phi) is 5.70. The predicted octanol–water partition coefficient (Wildman–Crippen LogP) is 3.43. The molecule has 1 aliphatic heterocycles. The first-order valence-electron chi connectivity index (χ1n) is 7.74. The van der Waals surface area contributed by atoms with E-state index >= 15 is 0 Å². The van der Waals surface area contributed by atoms with Gasteiger partial charge in [-0.05, 0) is 12.1 Å². The number of hydrogen-bond acceptors (Lipinski definition) is 6. The molecule has 0 atom stereocenters. The number of ether oxygens (including phenoxy) is 2. The number of piperidine rings is 1. The van der Waals surface area contributed by atoms with E-state index in [4.69, 9.17) is 21.1 Å². The van der Waals surface area contributed by atoms with Crippen molar-refractivity contribution in [2.75, 3.05) is 31.7 Å². The van der Waals surface area contributed by atoms with Crippen molar-refractivity contribution in [3.8, 4) is 5.75 Å². The molecular formula is C16H20ClN3O2S. The average molecular weight is 354 g/mol. The quantitative estimate of drug-likeness (QED) is 0.796. The lowest BCUT2D eigenvalue weighted by atomic mass is 10.1. The summed E-state index contributed by atoms with van der Waals surface area (Å²) in [5, 5.41) is 1.66. The third-order valence-electron chi connectivity index (χ3n) is 3.83. The third-order valence-corrected chi connectivity index (χ3v) is 4.96. The molecule has 5 nitrogen and oxygen atoms in total. The molecule has 0 radical (unpaired) electrons. The van der Waals surface area contributed by atoms with Crippen molar-refractivity contribution in [1.82, 2.24) is 9.36 Å². The van der Waals surface area contributed by atoms with Gasteiger partial charge in [0.1, 0.15) is 17.7 Å². The number of rotatable bonds is 6. The molecule has 124 valence electrons. The Morgan fingerprint density at radius 3 is 2.83 bits per heavy atom. The largest absolute Gasteiger partial charge is 0.489 e. The first-order chi connectivity index (χ1) is 11.3. The number of nitrogens with zero attached hydrogens (tertiary/aromatic N) is 3. The number of para-hydroxylation sites is 1. The van der Waals surface area contributed by atoms with Gasteiger partial charge in [0.15, 0.2) is 0 Å². The molecule has 2 heterocycles. The highest BCUT2D eigenvalue weighted by Crippen LogP contribution is 2.28. The van der Waals surface area contributed by atoms with E-state index in [0.717, 1.165) is 49.1 Å². The molecule has 1 aliphatic rings. The summed E-state index contributed by atoms with van der Waals surface area (Å²) in [6.07, 6.45) is 2.88. The van der Waals surface area contributed by atoms with Gasteiger partial charge in [-0.3, -0.25) is 0 Å². The molecule has 0 bridgehead atoms. The molecule has 3 rings (SSSR count). The fourth-order valence-electron chi connectivity index (χ4n) is 2.55. The Hall–Kier alpha value is -1.37. The van der Waals surface area contributed by atoms with Crippen molar-refractivity contribution >= 4 is 28.3 Å². The van der Waals surface area contributed by atoms with Crippen molar-refractivity contribution in [2.45, 2.75) is 25.4 Å². The van der Waals surface area contributed by atoms with Gasteiger partial charge in [0, 0.05) is 51.0 Å². The van der Waals surface area contributed by atoms with Gasteiger partial charge in [-0.15, -0.1) is 0 Å². The van der Waals surface area contributed by atoms with E-state index in [1.54, 1.807) is 7.11 Å². The lowest BCUT2D eigenvalue weighted by Gasteiger charge is -2.31. The summed E-state index contributed by atoms with van der Waals surface area (Å²) in [7, 11) is 1.69. The van der Waals surface area contributed by atoms with Crippen LogP contribution in [-0.4, -0.2) is 42.3 Å². The van der Waals surface area contributed by atoms with Crippen molar-refractivity contribution < 1.29 is 9.47 Å². The minimum Gasteiger partial charge on any atom is -0.489 e. The summed E-state index contributed by atoms with van der Waals surface area (Å²) in [5.41, 5.74) is 0. The van der Waals surface area contributed by atoms with E-state index in [1.165, 1.54) is 11.5 Å². The van der Waals surface area contributed by atoms with Gasteiger partial charge in [0.25, 0.3) is 0 Å². The molecule has 0 amide bonds. The van der Waals surface area contributed by atoms with Gasteiger partial charge >= 0.3 is 0 Å². The summed E-state index contributed by atoms with van der Waals surface area (Å²) in [6, 6.07) is 7.63. The van der Waals surface area contributed by atoms with E-state index < -0.39 is 0 Å². The molecule has 0 unspecified atom stereocenters. The summed E-state index contributed by atoms with van der Waals surface area (Å²) in [6.45, 7) is 2.51. The van der Waals surface area contributed by atoms with E-state index in [1.807, 2.05) is 24.3 Å². The van der Waals surface area contributed by atoms with E-state index in [-0.39, 0.29) is 6.10 Å². The SMILES string of the molecule is COCCc1nsc(N2CCC(Oc3ccccc3Cl)CC2)n1. The lowest BCUT2D eigenvalue weighted by Crippen LogP contribution is -2.38. The molecule has 0 saturated carbocycles. The average Bonchev–Trinajstić information content (AvgIpc) is 3.05. The third kappa shape index (κ3) is 4.34. The highest BCUT2D eigenvalue weighted by Gasteiger charge is 2.23. The zero-order chi connectivity index (χ0) is 16.1. The maximum Gasteiger partial charge on any atom is 0.205 e. The van der Waals surface area contributed by atoms with Crippen LogP contribution in [0.4, 0.5) is 5.13 Å². The minimum atomic E-state index is 0.201. The standard InChI is InChI=1S/C16H20ClN3O2S/c1-21-11-8-15-18-16(23-19-15)20-9-6-12(7-10-20)22-14-5-3-2-4-13(14)17/h2-5,12H,6-11H2,1H3. The van der Waals surface area contributed by atoms with Crippen LogP contribution < -0.4 is 9.64 Å². The highest BCUT2D eigenvalue weighted by atomic mass is 35.5. The van der Waals surface area contributed by atoms with Gasteiger partial charge in [-0.1, -0.05) is 23.7 Å². The smallest absolute Gasteiger partial charge is 0.205 e. The normalized spacial score (nSPS) is 15.8. The molecule has 1 aromatic carbocycles. The molecular weight excluding hydrogens is 334 g/mol. The van der Waals surface area contributed by atoms with E-state index in [9.17, 15) is 0 Å². The zero-order valence-electron chi connectivity index (χ0n) is 13.1. The number of benzene rings is 1. The summed E-state index contributed by atoms with van der Waals surface area (Å²) < 4.78 is 15.5. The van der Waals surface area contributed by atoms with Crippen LogP contribution in [0.3, 0.4) is 0 Å². The van der Waals surface area contributed by atoms with Crippen LogP contribution in [0.2, 0.25) is 5.02 Å². The Bertz CT molecular complexity index is 629. The summed E-state index contributed by atoms with van der Waals surface area (Å²) >= 11 is 7.61. The summed E-state index contributed by atoms with van der Waals surface area (Å²) in [5.74, 6) is 1.63. The van der Waals surface area contributed by atoms with Crippen molar-refractivity contribution in [1.29, 1.82) is 0 Å². The van der Waals surface area contributed by atoms with Crippen molar-refractivity contribution in [2.24, 2.45) is 0 Å². The fourth-order valence-corrected chi connectivity index (χ4v) is 3.50. The second kappa shape index (κ2) is 7.95. The zero-order valence-corrected chi connectivity index (χ0v) is 14.6. The molecule has 1 aromatic heterocycles. The van der Waals surface area contributed by atoms with Crippen LogP contribution >= 0.6 is 23.1 Å². The number of aromatic nitrogens is 2. The lowest BCUT2D eigenvalue weighted by molar-refractivity contribution is 0.171. The van der Waals surface area contributed by atoms with Gasteiger partial charge < -0.3 is 14.4 Å². The Labute approximate surface area is 145 Å². The number of halogens is 1.